The van der Waals surface area contributed by atoms with Gasteiger partial charge in [-0.1, -0.05) is 38.5 Å². The van der Waals surface area contributed by atoms with E-state index >= 15 is 4.79 Å². The largest absolute Gasteiger partial charge is 0.496 e. The third-order valence-electron chi connectivity index (χ3n) is 12.6. The Hall–Kier alpha value is -4.61. The highest BCUT2D eigenvalue weighted by Gasteiger charge is 2.64. The number of rotatable bonds is 9. The number of hydrogen-bond acceptors (Lipinski definition) is 9. The van der Waals surface area contributed by atoms with E-state index in [2.05, 4.69) is 15.0 Å². The van der Waals surface area contributed by atoms with Gasteiger partial charge in [0.1, 0.15) is 35.0 Å². The molecule has 2 aromatic rings. The Kier molecular flexibility index (Phi) is 11.5. The summed E-state index contributed by atoms with van der Waals surface area (Å²) in [6, 6.07) is 3.56. The lowest BCUT2D eigenvalue weighted by molar-refractivity contribution is -0.222. The van der Waals surface area contributed by atoms with E-state index in [9.17, 15) is 41.1 Å². The summed E-state index contributed by atoms with van der Waals surface area (Å²) in [7, 11) is -2.62. The van der Waals surface area contributed by atoms with Crippen LogP contribution in [0.25, 0.3) is 10.8 Å². The van der Waals surface area contributed by atoms with Gasteiger partial charge in [-0.05, 0) is 89.3 Å². The van der Waals surface area contributed by atoms with Crippen LogP contribution in [0.1, 0.15) is 86.0 Å². The molecule has 4 aliphatic rings. The Labute approximate surface area is 335 Å². The molecule has 0 bridgehead atoms. The minimum Gasteiger partial charge on any atom is -0.496 e. The lowest BCUT2D eigenvalue weighted by Crippen LogP contribution is -2.66. The molecule has 1 aromatic carbocycles. The average molecular weight is 836 g/mol. The van der Waals surface area contributed by atoms with Crippen molar-refractivity contribution in [2.24, 2.45) is 17.8 Å². The van der Waals surface area contributed by atoms with Crippen molar-refractivity contribution in [1.82, 2.24) is 24.8 Å². The maximum atomic E-state index is 15.1. The highest BCUT2D eigenvalue weighted by molar-refractivity contribution is 7.91. The van der Waals surface area contributed by atoms with Gasteiger partial charge >= 0.3 is 12.3 Å². The number of halogens is 3. The van der Waals surface area contributed by atoms with Crippen molar-refractivity contribution in [1.29, 1.82) is 0 Å². The lowest BCUT2D eigenvalue weighted by Gasteiger charge is -2.46. The fourth-order valence-electron chi connectivity index (χ4n) is 8.35. The first-order valence-electron chi connectivity index (χ1n) is 19.6. The normalized spacial score (nSPS) is 28.9. The van der Waals surface area contributed by atoms with Crippen LogP contribution >= 0.6 is 0 Å². The van der Waals surface area contributed by atoms with Gasteiger partial charge < -0.3 is 24.8 Å². The average Bonchev–Trinajstić information content (AvgIpc) is 4.03. The second kappa shape index (κ2) is 15.5. The van der Waals surface area contributed by atoms with E-state index < -0.39 is 85.9 Å². The molecule has 18 heteroatoms. The minimum atomic E-state index is -5.09. The van der Waals surface area contributed by atoms with Crippen LogP contribution in [0.15, 0.2) is 42.6 Å². The summed E-state index contributed by atoms with van der Waals surface area (Å²) in [5.74, 6) is -3.87. The van der Waals surface area contributed by atoms with E-state index in [1.807, 2.05) is 13.0 Å². The number of carbonyl (C=O) groups excluding carboxylic acids is 3. The summed E-state index contributed by atoms with van der Waals surface area (Å²) in [5, 5.41) is 14.5. The van der Waals surface area contributed by atoms with Crippen molar-refractivity contribution in [3.8, 4) is 11.6 Å². The van der Waals surface area contributed by atoms with Crippen molar-refractivity contribution in [2.75, 3.05) is 13.7 Å². The third kappa shape index (κ3) is 7.92. The highest BCUT2D eigenvalue weighted by atomic mass is 32.2. The van der Waals surface area contributed by atoms with Gasteiger partial charge in [0.2, 0.25) is 27.7 Å². The molecule has 0 unspecified atom stereocenters. The Morgan fingerprint density at radius 2 is 1.84 bits per heavy atom. The number of ether oxygens (including phenoxy) is 2. The molecule has 0 radical (unpaired) electrons. The van der Waals surface area contributed by atoms with Gasteiger partial charge in [-0.3, -0.25) is 24.0 Å². The number of methoxy groups -OCH3 is 1. The zero-order chi connectivity index (χ0) is 42.6. The minimum absolute atomic E-state index is 0.0539. The second-order valence-electron chi connectivity index (χ2n) is 17.0. The van der Waals surface area contributed by atoms with Crippen molar-refractivity contribution in [3.63, 3.8) is 0 Å². The maximum absolute atomic E-state index is 15.1. The first kappa shape index (κ1) is 43.0. The fourth-order valence-corrected chi connectivity index (χ4v) is 9.66. The van der Waals surface area contributed by atoms with Crippen molar-refractivity contribution in [3.05, 3.63) is 42.6 Å². The number of alkyl halides is 3. The summed E-state index contributed by atoms with van der Waals surface area (Å²) >= 11 is 0. The predicted octanol–water partition coefficient (Wildman–Crippen LogP) is 5.56. The number of pyridine rings is 1. The lowest BCUT2D eigenvalue weighted by atomic mass is 9.82. The molecule has 1 aromatic heterocycles. The van der Waals surface area contributed by atoms with Crippen LogP contribution in [0.2, 0.25) is 0 Å². The fraction of sp³-hybridized carbons (Fsp3) is 0.625. The number of allylic oxidation sites excluding steroid dienone is 1. The van der Waals surface area contributed by atoms with E-state index in [0.29, 0.717) is 56.1 Å². The molecule has 2 aliphatic heterocycles. The molecule has 6 rings (SSSR count). The van der Waals surface area contributed by atoms with E-state index in [1.54, 1.807) is 37.3 Å². The number of benzene rings is 1. The standard InChI is InChI=1S/C40H52F3N5O9S/c1-7-24-19-23(2)11-8-9-12-25-21-39(25,35(51)46-58(54,55)38(5)16-17-38)45-32(49)29-20-26(57-33-28-13-10-14-30(56-6)27(28)15-18-44-33)22-47(29)34(50)31(24)48(36(52)53)37(3,4)40(41,42)43/h9-10,12-15,18,23-26,29,31H,7-8,11,16-17,19-22H2,1-6H3,(H,45,49)(H,46,51)(H,52,53)/t23-,24+,25+,26+,29-,31-,39+/m0/s1. The van der Waals surface area contributed by atoms with Crippen molar-refractivity contribution >= 4 is 44.6 Å². The Bertz CT molecular complexity index is 2090. The molecular formula is C40H52F3N5O9S. The number of carboxylic acid groups (broad SMARTS) is 1. The zero-order valence-corrected chi connectivity index (χ0v) is 34.3. The van der Waals surface area contributed by atoms with Gasteiger partial charge in [-0.15, -0.1) is 0 Å². The highest BCUT2D eigenvalue weighted by Crippen LogP contribution is 2.48. The van der Waals surface area contributed by atoms with Crippen molar-refractivity contribution in [2.45, 2.75) is 126 Å². The predicted molar refractivity (Wildman–Crippen MR) is 206 cm³/mol. The van der Waals surface area contributed by atoms with Crippen LogP contribution in [0.5, 0.6) is 11.6 Å². The number of nitrogens with zero attached hydrogens (tertiary/aromatic N) is 3. The van der Waals surface area contributed by atoms with Gasteiger partial charge in [0.15, 0.2) is 0 Å². The summed E-state index contributed by atoms with van der Waals surface area (Å²) in [6.07, 6.45) is -1.13. The van der Waals surface area contributed by atoms with Crippen LogP contribution in [0, 0.1) is 17.8 Å². The number of hydrogen-bond donors (Lipinski definition) is 3. The van der Waals surface area contributed by atoms with Gasteiger partial charge in [-0.2, -0.15) is 13.2 Å². The Morgan fingerprint density at radius 3 is 2.47 bits per heavy atom. The first-order valence-corrected chi connectivity index (χ1v) is 21.1. The molecule has 318 valence electrons. The van der Waals surface area contributed by atoms with E-state index in [4.69, 9.17) is 9.47 Å². The zero-order valence-electron chi connectivity index (χ0n) is 33.5. The van der Waals surface area contributed by atoms with Gasteiger partial charge in [-0.25, -0.2) is 18.2 Å². The van der Waals surface area contributed by atoms with Gasteiger partial charge in [0, 0.05) is 29.3 Å². The number of amides is 4. The summed E-state index contributed by atoms with van der Waals surface area (Å²) in [6.45, 7) is 6.13. The number of carbonyl (C=O) groups is 4. The third-order valence-corrected chi connectivity index (χ3v) is 14.7. The molecule has 4 amide bonds. The summed E-state index contributed by atoms with van der Waals surface area (Å²) in [5.41, 5.74) is -4.75. The molecule has 3 fully saturated rings. The Morgan fingerprint density at radius 1 is 1.14 bits per heavy atom. The monoisotopic (exact) mass is 835 g/mol. The first-order chi connectivity index (χ1) is 27.1. The molecule has 2 saturated carbocycles. The molecule has 3 N–H and O–H groups in total. The van der Waals surface area contributed by atoms with Crippen LogP contribution in [0.3, 0.4) is 0 Å². The van der Waals surface area contributed by atoms with E-state index in [1.165, 1.54) is 20.2 Å². The smallest absolute Gasteiger partial charge is 0.411 e. The van der Waals surface area contributed by atoms with Crippen LogP contribution in [-0.4, -0.2) is 106 Å². The quantitative estimate of drug-likeness (QED) is 0.271. The van der Waals surface area contributed by atoms with Gasteiger partial charge in [0.05, 0.1) is 18.4 Å². The van der Waals surface area contributed by atoms with Crippen molar-refractivity contribution < 1.29 is 55.3 Å². The van der Waals surface area contributed by atoms with E-state index in [0.717, 1.165) is 4.90 Å². The van der Waals surface area contributed by atoms with Gasteiger partial charge in [0.25, 0.3) is 5.91 Å². The molecule has 7 atom stereocenters. The topological polar surface area (TPSA) is 185 Å². The Balaban J connectivity index is 1.44. The number of sulfonamides is 1. The molecule has 3 heterocycles. The SMILES string of the molecule is CC[C@@H]1C[C@@H](C)CCC=C[C@@H]2C[C@@]2(C(=O)NS(=O)(=O)C2(C)CC2)NC(=O)[C@@H]2C[C@@H](Oc3nccc4c(OC)cccc34)CN2C(=O)[C@H]1N(C(=O)O)C(C)(C)C(F)(F)F. The number of nitrogens with one attached hydrogen (secondary N) is 2. The molecule has 14 nitrogen and oxygen atoms in total. The second-order valence-corrected chi connectivity index (χ2v) is 19.2. The van der Waals surface area contributed by atoms with Crippen LogP contribution in [-0.2, 0) is 24.4 Å². The molecular weight excluding hydrogens is 784 g/mol. The maximum Gasteiger partial charge on any atom is 0.411 e. The molecule has 1 saturated heterocycles. The van der Waals surface area contributed by atoms with Crippen LogP contribution < -0.4 is 19.5 Å². The molecule has 58 heavy (non-hydrogen) atoms. The summed E-state index contributed by atoms with van der Waals surface area (Å²) < 4.78 is 83.7. The summed E-state index contributed by atoms with van der Waals surface area (Å²) in [4.78, 5) is 62.3. The number of aromatic nitrogens is 1. The molecule has 0 spiro atoms. The molecule has 2 aliphatic carbocycles. The van der Waals surface area contributed by atoms with E-state index in [-0.39, 0.29) is 48.9 Å². The number of fused-ring (bicyclic) bond motifs is 3. The van der Waals surface area contributed by atoms with Crippen LogP contribution in [0.4, 0.5) is 18.0 Å².